The second-order valence-corrected chi connectivity index (χ2v) is 5.45. The van der Waals surface area contributed by atoms with Crippen LogP contribution in [0.4, 0.5) is 0 Å². The number of hydrogen-bond acceptors (Lipinski definition) is 2. The van der Waals surface area contributed by atoms with Crippen LogP contribution in [0.25, 0.3) is 0 Å². The number of nitrogens with zero attached hydrogens (tertiary/aromatic N) is 1. The standard InChI is InChI=1S/C13H17Cl2NO/c14-11-6-10(7-12(15)8-11)13(17)9-16-4-2-1-3-5-16/h6-8,13,17H,1-5,9H2/t13-/m0/s1. The molecule has 1 fully saturated rings. The second-order valence-electron chi connectivity index (χ2n) is 4.58. The molecular formula is C13H17Cl2NO. The highest BCUT2D eigenvalue weighted by Gasteiger charge is 2.16. The summed E-state index contributed by atoms with van der Waals surface area (Å²) in [5.41, 5.74) is 0.799. The summed E-state index contributed by atoms with van der Waals surface area (Å²) < 4.78 is 0. The maximum atomic E-state index is 10.2. The van der Waals surface area contributed by atoms with Crippen LogP contribution < -0.4 is 0 Å². The molecule has 0 aliphatic carbocycles. The summed E-state index contributed by atoms with van der Waals surface area (Å²) in [6.45, 7) is 2.81. The molecule has 0 amide bonds. The fourth-order valence-electron chi connectivity index (χ4n) is 2.26. The lowest BCUT2D eigenvalue weighted by molar-refractivity contribution is 0.101. The maximum absolute atomic E-state index is 10.2. The molecule has 0 bridgehead atoms. The average molecular weight is 274 g/mol. The van der Waals surface area contributed by atoms with Gasteiger partial charge in [-0.05, 0) is 49.7 Å². The molecule has 1 heterocycles. The number of aliphatic hydroxyl groups is 1. The molecule has 2 rings (SSSR count). The average Bonchev–Trinajstić information content (AvgIpc) is 2.29. The molecule has 0 spiro atoms. The van der Waals surface area contributed by atoms with E-state index >= 15 is 0 Å². The summed E-state index contributed by atoms with van der Waals surface area (Å²) in [6.07, 6.45) is 3.24. The van der Waals surface area contributed by atoms with Gasteiger partial charge in [0.1, 0.15) is 0 Å². The van der Waals surface area contributed by atoms with Gasteiger partial charge >= 0.3 is 0 Å². The summed E-state index contributed by atoms with van der Waals surface area (Å²) in [4.78, 5) is 2.29. The van der Waals surface area contributed by atoms with Crippen LogP contribution in [0, 0.1) is 0 Å². The van der Waals surface area contributed by atoms with Crippen LogP contribution in [0.5, 0.6) is 0 Å². The van der Waals surface area contributed by atoms with E-state index in [0.29, 0.717) is 16.6 Å². The van der Waals surface area contributed by atoms with Crippen molar-refractivity contribution in [3.63, 3.8) is 0 Å². The molecule has 1 atom stereocenters. The van der Waals surface area contributed by atoms with Gasteiger partial charge in [0.2, 0.25) is 0 Å². The van der Waals surface area contributed by atoms with Gasteiger partial charge in [-0.25, -0.2) is 0 Å². The zero-order valence-electron chi connectivity index (χ0n) is 9.70. The number of likely N-dealkylation sites (tertiary alicyclic amines) is 1. The van der Waals surface area contributed by atoms with Crippen LogP contribution in [0.3, 0.4) is 0 Å². The van der Waals surface area contributed by atoms with E-state index in [4.69, 9.17) is 23.2 Å². The molecule has 17 heavy (non-hydrogen) atoms. The molecule has 1 aliphatic rings. The van der Waals surface area contributed by atoms with Crippen LogP contribution in [-0.4, -0.2) is 29.6 Å². The Morgan fingerprint density at radius 2 is 1.65 bits per heavy atom. The lowest BCUT2D eigenvalue weighted by Gasteiger charge is -2.28. The molecule has 2 nitrogen and oxygen atoms in total. The molecule has 0 aromatic heterocycles. The molecule has 1 aliphatic heterocycles. The van der Waals surface area contributed by atoms with E-state index in [1.54, 1.807) is 18.2 Å². The number of piperidine rings is 1. The molecule has 1 aromatic carbocycles. The molecule has 94 valence electrons. The maximum Gasteiger partial charge on any atom is 0.0917 e. The van der Waals surface area contributed by atoms with Crippen molar-refractivity contribution in [1.29, 1.82) is 0 Å². The van der Waals surface area contributed by atoms with Crippen molar-refractivity contribution in [2.75, 3.05) is 19.6 Å². The van der Waals surface area contributed by atoms with E-state index in [9.17, 15) is 5.11 Å². The minimum Gasteiger partial charge on any atom is -0.387 e. The predicted octanol–water partition coefficient (Wildman–Crippen LogP) is 3.51. The number of halogens is 2. The summed E-state index contributed by atoms with van der Waals surface area (Å²) in [7, 11) is 0. The number of benzene rings is 1. The number of β-amino-alcohol motifs (C(OH)–C–C–N with tert-alkyl or cyclic N) is 1. The van der Waals surface area contributed by atoms with Gasteiger partial charge in [-0.15, -0.1) is 0 Å². The molecular weight excluding hydrogens is 257 g/mol. The van der Waals surface area contributed by atoms with E-state index < -0.39 is 6.10 Å². The molecule has 0 radical (unpaired) electrons. The van der Waals surface area contributed by atoms with Gasteiger partial charge in [-0.1, -0.05) is 29.6 Å². The van der Waals surface area contributed by atoms with Crippen molar-refractivity contribution in [3.05, 3.63) is 33.8 Å². The van der Waals surface area contributed by atoms with Gasteiger partial charge in [0, 0.05) is 16.6 Å². The highest BCUT2D eigenvalue weighted by molar-refractivity contribution is 6.34. The van der Waals surface area contributed by atoms with E-state index in [2.05, 4.69) is 4.90 Å². The van der Waals surface area contributed by atoms with Gasteiger partial charge in [-0.3, -0.25) is 0 Å². The van der Waals surface area contributed by atoms with E-state index in [1.165, 1.54) is 19.3 Å². The van der Waals surface area contributed by atoms with Gasteiger partial charge in [0.25, 0.3) is 0 Å². The number of hydrogen-bond donors (Lipinski definition) is 1. The molecule has 0 saturated carbocycles. The van der Waals surface area contributed by atoms with Crippen LogP contribution in [0.15, 0.2) is 18.2 Å². The highest BCUT2D eigenvalue weighted by Crippen LogP contribution is 2.24. The fraction of sp³-hybridized carbons (Fsp3) is 0.538. The topological polar surface area (TPSA) is 23.5 Å². The van der Waals surface area contributed by atoms with Crippen molar-refractivity contribution >= 4 is 23.2 Å². The molecule has 1 aromatic rings. The molecule has 4 heteroatoms. The third kappa shape index (κ3) is 3.85. The zero-order valence-corrected chi connectivity index (χ0v) is 11.2. The first-order valence-corrected chi connectivity index (χ1v) is 6.77. The van der Waals surface area contributed by atoms with Gasteiger partial charge in [0.05, 0.1) is 6.10 Å². The first-order chi connectivity index (χ1) is 8.15. The molecule has 0 unspecified atom stereocenters. The quantitative estimate of drug-likeness (QED) is 0.911. The Balaban J connectivity index is 2.00. The SMILES string of the molecule is O[C@@H](CN1CCCCC1)c1cc(Cl)cc(Cl)c1. The Morgan fingerprint density at radius 3 is 2.24 bits per heavy atom. The Bertz CT molecular complexity index is 357. The Labute approximate surface area is 112 Å². The normalized spacial score (nSPS) is 19.2. The fourth-order valence-corrected chi connectivity index (χ4v) is 2.80. The van der Waals surface area contributed by atoms with Crippen molar-refractivity contribution in [2.45, 2.75) is 25.4 Å². The smallest absolute Gasteiger partial charge is 0.0917 e. The van der Waals surface area contributed by atoms with Crippen molar-refractivity contribution in [3.8, 4) is 0 Å². The van der Waals surface area contributed by atoms with Gasteiger partial charge < -0.3 is 10.0 Å². The van der Waals surface area contributed by atoms with Crippen LogP contribution in [-0.2, 0) is 0 Å². The lowest BCUT2D eigenvalue weighted by atomic mass is 10.1. The Hall–Kier alpha value is -0.280. The number of rotatable bonds is 3. The lowest BCUT2D eigenvalue weighted by Crippen LogP contribution is -2.33. The van der Waals surface area contributed by atoms with Crippen molar-refractivity contribution in [2.24, 2.45) is 0 Å². The Morgan fingerprint density at radius 1 is 1.06 bits per heavy atom. The van der Waals surface area contributed by atoms with E-state index in [0.717, 1.165) is 18.7 Å². The first-order valence-electron chi connectivity index (χ1n) is 6.01. The third-order valence-corrected chi connectivity index (χ3v) is 3.59. The van der Waals surface area contributed by atoms with Crippen LogP contribution >= 0.6 is 23.2 Å². The minimum atomic E-state index is -0.510. The monoisotopic (exact) mass is 273 g/mol. The predicted molar refractivity (Wildman–Crippen MR) is 71.7 cm³/mol. The van der Waals surface area contributed by atoms with Gasteiger partial charge in [-0.2, -0.15) is 0 Å². The minimum absolute atomic E-state index is 0.510. The summed E-state index contributed by atoms with van der Waals surface area (Å²) in [5.74, 6) is 0. The largest absolute Gasteiger partial charge is 0.387 e. The van der Waals surface area contributed by atoms with Crippen molar-refractivity contribution < 1.29 is 5.11 Å². The number of aliphatic hydroxyl groups excluding tert-OH is 1. The van der Waals surface area contributed by atoms with E-state index in [-0.39, 0.29) is 0 Å². The van der Waals surface area contributed by atoms with Crippen LogP contribution in [0.1, 0.15) is 30.9 Å². The van der Waals surface area contributed by atoms with Crippen LogP contribution in [0.2, 0.25) is 10.0 Å². The summed E-state index contributed by atoms with van der Waals surface area (Å²) in [5, 5.41) is 11.3. The first kappa shape index (κ1) is 13.2. The highest BCUT2D eigenvalue weighted by atomic mass is 35.5. The summed E-state index contributed by atoms with van der Waals surface area (Å²) >= 11 is 11.9. The molecule has 1 N–H and O–H groups in total. The third-order valence-electron chi connectivity index (χ3n) is 3.15. The zero-order chi connectivity index (χ0) is 12.3. The van der Waals surface area contributed by atoms with Gasteiger partial charge in [0.15, 0.2) is 0 Å². The summed E-state index contributed by atoms with van der Waals surface area (Å²) in [6, 6.07) is 5.24. The Kier molecular flexibility index (Phi) is 4.69. The van der Waals surface area contributed by atoms with E-state index in [1.807, 2.05) is 0 Å². The van der Waals surface area contributed by atoms with Crippen molar-refractivity contribution in [1.82, 2.24) is 4.90 Å². The second kappa shape index (κ2) is 6.05. The molecule has 1 saturated heterocycles.